The number of nitrogens with one attached hydrogen (secondary N) is 1. The van der Waals surface area contributed by atoms with Gasteiger partial charge in [0.2, 0.25) is 0 Å². The Labute approximate surface area is 129 Å². The van der Waals surface area contributed by atoms with Gasteiger partial charge in [-0.05, 0) is 49.2 Å². The molecular formula is C15H14Br2FN. The van der Waals surface area contributed by atoms with Crippen LogP contribution in [0.3, 0.4) is 0 Å². The lowest BCUT2D eigenvalue weighted by atomic mass is 10.1. The Balaban J connectivity index is 2.25. The monoisotopic (exact) mass is 385 g/mol. The van der Waals surface area contributed by atoms with Crippen LogP contribution in [0.25, 0.3) is 0 Å². The zero-order chi connectivity index (χ0) is 14.0. The van der Waals surface area contributed by atoms with Crippen LogP contribution in [-0.4, -0.2) is 0 Å². The lowest BCUT2D eigenvalue weighted by Gasteiger charge is -2.18. The average molecular weight is 387 g/mol. The molecule has 1 N–H and O–H groups in total. The minimum Gasteiger partial charge on any atom is -0.376 e. The molecule has 0 aliphatic heterocycles. The standard InChI is InChI=1S/C15H14Br2FN/c1-9-3-6-14(18)15(7-9)19-10(2)12-5-4-11(16)8-13(12)17/h3-8,10,19H,1-2H3. The van der Waals surface area contributed by atoms with Crippen LogP contribution in [-0.2, 0) is 0 Å². The van der Waals surface area contributed by atoms with Crippen LogP contribution in [0.2, 0.25) is 0 Å². The van der Waals surface area contributed by atoms with Crippen molar-refractivity contribution in [2.75, 3.05) is 5.32 Å². The van der Waals surface area contributed by atoms with E-state index in [4.69, 9.17) is 0 Å². The minimum absolute atomic E-state index is 0.0128. The van der Waals surface area contributed by atoms with Gasteiger partial charge in [0.15, 0.2) is 0 Å². The molecule has 1 atom stereocenters. The Hall–Kier alpha value is -0.870. The molecular weight excluding hydrogens is 373 g/mol. The molecule has 1 nitrogen and oxygen atoms in total. The van der Waals surface area contributed by atoms with E-state index in [2.05, 4.69) is 37.2 Å². The van der Waals surface area contributed by atoms with Gasteiger partial charge < -0.3 is 5.32 Å². The first kappa shape index (κ1) is 14.5. The highest BCUT2D eigenvalue weighted by Gasteiger charge is 2.11. The summed E-state index contributed by atoms with van der Waals surface area (Å²) in [4.78, 5) is 0. The van der Waals surface area contributed by atoms with Gasteiger partial charge in [-0.3, -0.25) is 0 Å². The van der Waals surface area contributed by atoms with Crippen LogP contribution in [0.15, 0.2) is 45.3 Å². The van der Waals surface area contributed by atoms with Crippen LogP contribution >= 0.6 is 31.9 Å². The third-order valence-corrected chi connectivity index (χ3v) is 4.10. The Bertz CT molecular complexity index is 599. The molecule has 0 amide bonds. The van der Waals surface area contributed by atoms with Gasteiger partial charge in [0.05, 0.1) is 5.69 Å². The highest BCUT2D eigenvalue weighted by Crippen LogP contribution is 2.29. The van der Waals surface area contributed by atoms with Crippen molar-refractivity contribution >= 4 is 37.5 Å². The van der Waals surface area contributed by atoms with E-state index >= 15 is 0 Å². The molecule has 1 unspecified atom stereocenters. The summed E-state index contributed by atoms with van der Waals surface area (Å²) in [5.74, 6) is -0.231. The second-order valence-corrected chi connectivity index (χ2v) is 6.29. The summed E-state index contributed by atoms with van der Waals surface area (Å²) in [5, 5.41) is 3.21. The number of halogens is 3. The molecule has 100 valence electrons. The van der Waals surface area contributed by atoms with E-state index in [1.165, 1.54) is 6.07 Å². The normalized spacial score (nSPS) is 12.3. The van der Waals surface area contributed by atoms with Crippen LogP contribution in [0.1, 0.15) is 24.1 Å². The van der Waals surface area contributed by atoms with Crippen LogP contribution in [0.4, 0.5) is 10.1 Å². The maximum Gasteiger partial charge on any atom is 0.146 e. The summed E-state index contributed by atoms with van der Waals surface area (Å²) >= 11 is 6.95. The highest BCUT2D eigenvalue weighted by atomic mass is 79.9. The van der Waals surface area contributed by atoms with Gasteiger partial charge in [0, 0.05) is 15.0 Å². The average Bonchev–Trinajstić information content (AvgIpc) is 2.33. The zero-order valence-electron chi connectivity index (χ0n) is 10.7. The van der Waals surface area contributed by atoms with E-state index < -0.39 is 0 Å². The topological polar surface area (TPSA) is 12.0 Å². The van der Waals surface area contributed by atoms with Gasteiger partial charge >= 0.3 is 0 Å². The number of hydrogen-bond donors (Lipinski definition) is 1. The quantitative estimate of drug-likeness (QED) is 0.699. The van der Waals surface area contributed by atoms with Crippen molar-refractivity contribution in [3.05, 3.63) is 62.3 Å². The summed E-state index contributed by atoms with van der Waals surface area (Å²) in [6.45, 7) is 3.96. The van der Waals surface area contributed by atoms with Crippen LogP contribution in [0.5, 0.6) is 0 Å². The van der Waals surface area contributed by atoms with Crippen molar-refractivity contribution in [1.82, 2.24) is 0 Å². The summed E-state index contributed by atoms with van der Waals surface area (Å²) in [7, 11) is 0. The minimum atomic E-state index is -0.231. The summed E-state index contributed by atoms with van der Waals surface area (Å²) in [6.07, 6.45) is 0. The molecule has 0 heterocycles. The highest BCUT2D eigenvalue weighted by molar-refractivity contribution is 9.11. The fraction of sp³-hybridized carbons (Fsp3) is 0.200. The van der Waals surface area contributed by atoms with Gasteiger partial charge in [-0.2, -0.15) is 0 Å². The molecule has 19 heavy (non-hydrogen) atoms. The fourth-order valence-corrected chi connectivity index (χ4v) is 3.30. The van der Waals surface area contributed by atoms with Crippen molar-refractivity contribution < 1.29 is 4.39 Å². The number of aryl methyl sites for hydroxylation is 1. The fourth-order valence-electron chi connectivity index (χ4n) is 1.91. The van der Waals surface area contributed by atoms with E-state index in [0.717, 1.165) is 20.1 Å². The van der Waals surface area contributed by atoms with Gasteiger partial charge in [0.25, 0.3) is 0 Å². The van der Waals surface area contributed by atoms with E-state index in [1.807, 2.05) is 38.1 Å². The first-order chi connectivity index (χ1) is 8.97. The second kappa shape index (κ2) is 6.06. The number of hydrogen-bond acceptors (Lipinski definition) is 1. The van der Waals surface area contributed by atoms with E-state index in [-0.39, 0.29) is 11.9 Å². The van der Waals surface area contributed by atoms with Crippen molar-refractivity contribution in [2.24, 2.45) is 0 Å². The Morgan fingerprint density at radius 1 is 1.11 bits per heavy atom. The Morgan fingerprint density at radius 2 is 1.84 bits per heavy atom. The van der Waals surface area contributed by atoms with Crippen molar-refractivity contribution in [3.8, 4) is 0 Å². The summed E-state index contributed by atoms with van der Waals surface area (Å²) in [6, 6.07) is 11.1. The molecule has 4 heteroatoms. The molecule has 0 radical (unpaired) electrons. The first-order valence-electron chi connectivity index (χ1n) is 5.95. The number of benzene rings is 2. The molecule has 0 aliphatic rings. The molecule has 0 fully saturated rings. The zero-order valence-corrected chi connectivity index (χ0v) is 13.8. The van der Waals surface area contributed by atoms with Gasteiger partial charge in [-0.25, -0.2) is 4.39 Å². The molecule has 0 bridgehead atoms. The predicted octanol–water partition coefficient (Wildman–Crippen LogP) is 5.83. The second-order valence-electron chi connectivity index (χ2n) is 4.52. The summed E-state index contributed by atoms with van der Waals surface area (Å²) < 4.78 is 15.7. The van der Waals surface area contributed by atoms with E-state index in [1.54, 1.807) is 6.07 Å². The number of anilines is 1. The molecule has 0 saturated heterocycles. The largest absolute Gasteiger partial charge is 0.376 e. The third-order valence-electron chi connectivity index (χ3n) is 2.92. The first-order valence-corrected chi connectivity index (χ1v) is 7.53. The van der Waals surface area contributed by atoms with Crippen LogP contribution in [0, 0.1) is 12.7 Å². The summed E-state index contributed by atoms with van der Waals surface area (Å²) in [5.41, 5.74) is 2.65. The third kappa shape index (κ3) is 3.57. The van der Waals surface area contributed by atoms with Gasteiger partial charge in [-0.15, -0.1) is 0 Å². The molecule has 0 aromatic heterocycles. The maximum atomic E-state index is 13.7. The smallest absolute Gasteiger partial charge is 0.146 e. The Morgan fingerprint density at radius 3 is 2.53 bits per heavy atom. The van der Waals surface area contributed by atoms with E-state index in [0.29, 0.717) is 5.69 Å². The number of rotatable bonds is 3. The molecule has 0 aliphatic carbocycles. The van der Waals surface area contributed by atoms with Crippen molar-refractivity contribution in [2.45, 2.75) is 19.9 Å². The van der Waals surface area contributed by atoms with Crippen LogP contribution < -0.4 is 5.32 Å². The Kier molecular flexibility index (Phi) is 4.63. The lowest BCUT2D eigenvalue weighted by molar-refractivity contribution is 0.627. The molecule has 0 spiro atoms. The van der Waals surface area contributed by atoms with Gasteiger partial charge in [0.1, 0.15) is 5.82 Å². The lowest BCUT2D eigenvalue weighted by Crippen LogP contribution is -2.08. The predicted molar refractivity (Wildman–Crippen MR) is 85.0 cm³/mol. The molecule has 2 rings (SSSR count). The van der Waals surface area contributed by atoms with Crippen molar-refractivity contribution in [1.29, 1.82) is 0 Å². The maximum absolute atomic E-state index is 13.7. The van der Waals surface area contributed by atoms with Crippen molar-refractivity contribution in [3.63, 3.8) is 0 Å². The molecule has 0 saturated carbocycles. The molecule has 2 aromatic rings. The van der Waals surface area contributed by atoms with Gasteiger partial charge in [-0.1, -0.05) is 44.0 Å². The van der Waals surface area contributed by atoms with E-state index in [9.17, 15) is 4.39 Å². The molecule has 2 aromatic carbocycles. The SMILES string of the molecule is Cc1ccc(F)c(NC(C)c2ccc(Br)cc2Br)c1.